The molecule has 1 rings (SSSR count). The molecule has 0 N–H and O–H groups in total. The highest BCUT2D eigenvalue weighted by Crippen LogP contribution is 2.04. The number of hydrogen-bond acceptors (Lipinski definition) is 1. The van der Waals surface area contributed by atoms with E-state index in [9.17, 15) is 0 Å². The van der Waals surface area contributed by atoms with Gasteiger partial charge in [-0.25, -0.2) is 0 Å². The molecule has 1 atom stereocenters. The van der Waals surface area contributed by atoms with Crippen LogP contribution in [0.2, 0.25) is 0 Å². The van der Waals surface area contributed by atoms with Gasteiger partial charge >= 0.3 is 0 Å². The first-order chi connectivity index (χ1) is 4.79. The first kappa shape index (κ1) is 7.71. The molecule has 0 bridgehead atoms. The molecule has 0 fully saturated rings. The predicted octanol–water partition coefficient (Wildman–Crippen LogP) is 1.91. The van der Waals surface area contributed by atoms with Crippen LogP contribution in [-0.4, -0.2) is 11.7 Å². The van der Waals surface area contributed by atoms with Crippen molar-refractivity contribution in [3.05, 3.63) is 35.9 Å². The zero-order chi connectivity index (χ0) is 7.40. The Kier molecular flexibility index (Phi) is 2.85. The lowest BCUT2D eigenvalue weighted by atomic mass is 10.2. The van der Waals surface area contributed by atoms with Crippen LogP contribution in [-0.2, 0) is 6.54 Å². The van der Waals surface area contributed by atoms with Crippen molar-refractivity contribution in [3.63, 3.8) is 0 Å². The lowest BCUT2D eigenvalue weighted by molar-refractivity contribution is 0.564. The number of benzene rings is 1. The van der Waals surface area contributed by atoms with Gasteiger partial charge in [-0.05, 0) is 12.6 Å². The van der Waals surface area contributed by atoms with Crippen molar-refractivity contribution in [2.24, 2.45) is 0 Å². The van der Waals surface area contributed by atoms with E-state index >= 15 is 0 Å². The second-order valence-electron chi connectivity index (χ2n) is 2.40. The smallest absolute Gasteiger partial charge is 0.0264 e. The van der Waals surface area contributed by atoms with Crippen molar-refractivity contribution in [2.45, 2.75) is 6.54 Å². The molecule has 1 aromatic rings. The summed E-state index contributed by atoms with van der Waals surface area (Å²) in [6.07, 6.45) is 0. The molecule has 1 unspecified atom stereocenters. The van der Waals surface area contributed by atoms with E-state index in [2.05, 4.69) is 38.3 Å². The van der Waals surface area contributed by atoms with E-state index in [1.54, 1.807) is 0 Å². The maximum absolute atomic E-state index is 2.64. The minimum atomic E-state index is 0.992. The molecule has 1 nitrogen and oxygen atoms in total. The highest BCUT2D eigenvalue weighted by atomic mass is 31.0. The molecule has 0 heterocycles. The van der Waals surface area contributed by atoms with E-state index in [0.717, 1.165) is 6.54 Å². The molecular weight excluding hydrogens is 141 g/mol. The molecule has 1 aromatic carbocycles. The Balaban J connectivity index is 2.59. The predicted molar refractivity (Wildman–Crippen MR) is 47.6 cm³/mol. The summed E-state index contributed by atoms with van der Waals surface area (Å²) >= 11 is 0. The van der Waals surface area contributed by atoms with Crippen LogP contribution < -0.4 is 0 Å². The molecule has 0 saturated heterocycles. The first-order valence-corrected chi connectivity index (χ1v) is 3.80. The topological polar surface area (TPSA) is 3.24 Å². The van der Waals surface area contributed by atoms with E-state index < -0.39 is 0 Å². The molecule has 10 heavy (non-hydrogen) atoms. The molecular formula is C8H12NP. The summed E-state index contributed by atoms with van der Waals surface area (Å²) in [5, 5.41) is 0. The Morgan fingerprint density at radius 1 is 1.30 bits per heavy atom. The zero-order valence-electron chi connectivity index (χ0n) is 6.12. The molecule has 54 valence electrons. The van der Waals surface area contributed by atoms with Crippen LogP contribution in [0.5, 0.6) is 0 Å². The summed E-state index contributed by atoms with van der Waals surface area (Å²) in [4.78, 5) is 0. The summed E-state index contributed by atoms with van der Waals surface area (Å²) in [5.74, 6) is 0. The van der Waals surface area contributed by atoms with Crippen LogP contribution in [0.3, 0.4) is 0 Å². The fourth-order valence-corrected chi connectivity index (χ4v) is 1.08. The van der Waals surface area contributed by atoms with Crippen LogP contribution in [0.1, 0.15) is 5.56 Å². The lowest BCUT2D eigenvalue weighted by Crippen LogP contribution is -2.02. The Morgan fingerprint density at radius 3 is 2.40 bits per heavy atom. The van der Waals surface area contributed by atoms with Crippen LogP contribution in [0.4, 0.5) is 0 Å². The van der Waals surface area contributed by atoms with Crippen molar-refractivity contribution in [2.75, 3.05) is 7.05 Å². The largest absolute Gasteiger partial charge is 0.286 e. The van der Waals surface area contributed by atoms with E-state index in [4.69, 9.17) is 0 Å². The SMILES string of the molecule is CN(P)Cc1ccccc1. The van der Waals surface area contributed by atoms with Gasteiger partial charge in [0.25, 0.3) is 0 Å². The van der Waals surface area contributed by atoms with Crippen LogP contribution in [0, 0.1) is 0 Å². The van der Waals surface area contributed by atoms with Crippen LogP contribution in [0.15, 0.2) is 30.3 Å². The molecule has 0 amide bonds. The van der Waals surface area contributed by atoms with Crippen LogP contribution >= 0.6 is 9.39 Å². The van der Waals surface area contributed by atoms with Crippen molar-refractivity contribution in [1.82, 2.24) is 4.67 Å². The van der Waals surface area contributed by atoms with Gasteiger partial charge in [0, 0.05) is 6.54 Å². The molecule has 0 aliphatic heterocycles. The molecule has 0 aliphatic carbocycles. The lowest BCUT2D eigenvalue weighted by Gasteiger charge is -2.07. The number of rotatable bonds is 2. The molecule has 0 aromatic heterocycles. The highest BCUT2D eigenvalue weighted by Gasteiger charge is 1.90. The monoisotopic (exact) mass is 153 g/mol. The van der Waals surface area contributed by atoms with E-state index in [0.29, 0.717) is 0 Å². The van der Waals surface area contributed by atoms with Gasteiger partial charge in [-0.1, -0.05) is 39.7 Å². The van der Waals surface area contributed by atoms with Gasteiger partial charge in [0.15, 0.2) is 0 Å². The number of hydrogen-bond donors (Lipinski definition) is 0. The second-order valence-corrected chi connectivity index (χ2v) is 3.28. The normalized spacial score (nSPS) is 10.3. The van der Waals surface area contributed by atoms with Gasteiger partial charge < -0.3 is 0 Å². The summed E-state index contributed by atoms with van der Waals surface area (Å²) < 4.78 is 2.08. The summed E-state index contributed by atoms with van der Waals surface area (Å²) in [6.45, 7) is 0.992. The summed E-state index contributed by atoms with van der Waals surface area (Å²) in [7, 11) is 4.68. The molecule has 0 saturated carbocycles. The van der Waals surface area contributed by atoms with Crippen molar-refractivity contribution < 1.29 is 0 Å². The minimum Gasteiger partial charge on any atom is -0.286 e. The van der Waals surface area contributed by atoms with Crippen molar-refractivity contribution >= 4 is 9.39 Å². The maximum Gasteiger partial charge on any atom is 0.0264 e. The molecule has 0 radical (unpaired) electrons. The molecule has 0 aliphatic rings. The van der Waals surface area contributed by atoms with Gasteiger partial charge in [-0.2, -0.15) is 0 Å². The van der Waals surface area contributed by atoms with Crippen molar-refractivity contribution in [3.8, 4) is 0 Å². The van der Waals surface area contributed by atoms with Gasteiger partial charge in [-0.3, -0.25) is 4.67 Å². The van der Waals surface area contributed by atoms with Gasteiger partial charge in [0.1, 0.15) is 0 Å². The standard InChI is InChI=1S/C8H12NP/c1-9(10)7-8-5-3-2-4-6-8/h2-6H,7,10H2,1H3. The second kappa shape index (κ2) is 3.70. The Labute approximate surface area is 64.3 Å². The molecule has 0 spiro atoms. The Bertz CT molecular complexity index is 184. The van der Waals surface area contributed by atoms with Gasteiger partial charge in [0.2, 0.25) is 0 Å². The fraction of sp³-hybridized carbons (Fsp3) is 0.250. The highest BCUT2D eigenvalue weighted by molar-refractivity contribution is 7.13. The fourth-order valence-electron chi connectivity index (χ4n) is 0.871. The average molecular weight is 153 g/mol. The average Bonchev–Trinajstić information content (AvgIpc) is 1.88. The third-order valence-electron chi connectivity index (χ3n) is 1.27. The molecule has 2 heteroatoms. The third kappa shape index (κ3) is 2.47. The van der Waals surface area contributed by atoms with Crippen LogP contribution in [0.25, 0.3) is 0 Å². The van der Waals surface area contributed by atoms with E-state index in [-0.39, 0.29) is 0 Å². The summed E-state index contributed by atoms with van der Waals surface area (Å²) in [6, 6.07) is 10.4. The minimum absolute atomic E-state index is 0.992. The van der Waals surface area contributed by atoms with Gasteiger partial charge in [-0.15, -0.1) is 0 Å². The third-order valence-corrected chi connectivity index (χ3v) is 1.46. The van der Waals surface area contributed by atoms with E-state index in [1.807, 2.05) is 13.1 Å². The first-order valence-electron chi connectivity index (χ1n) is 3.29. The van der Waals surface area contributed by atoms with Gasteiger partial charge in [0.05, 0.1) is 0 Å². The zero-order valence-corrected chi connectivity index (χ0v) is 7.27. The maximum atomic E-state index is 2.64. The van der Waals surface area contributed by atoms with Crippen molar-refractivity contribution in [1.29, 1.82) is 0 Å². The Morgan fingerprint density at radius 2 is 1.90 bits per heavy atom. The number of nitrogens with zero attached hydrogens (tertiary/aromatic N) is 1. The summed E-state index contributed by atoms with van der Waals surface area (Å²) in [5.41, 5.74) is 1.35. The quantitative estimate of drug-likeness (QED) is 0.586. The van der Waals surface area contributed by atoms with E-state index in [1.165, 1.54) is 5.56 Å². The Hall–Kier alpha value is -0.390.